The molecule has 0 spiro atoms. The van der Waals surface area contributed by atoms with E-state index in [2.05, 4.69) is 29.6 Å². The van der Waals surface area contributed by atoms with Crippen LogP contribution in [0.1, 0.15) is 57.1 Å². The number of benzene rings is 2. The number of fused-ring (bicyclic) bond motifs is 3. The monoisotopic (exact) mass is 478 g/mol. The lowest BCUT2D eigenvalue weighted by Gasteiger charge is -2.41. The van der Waals surface area contributed by atoms with Gasteiger partial charge in [-0.1, -0.05) is 62.4 Å². The van der Waals surface area contributed by atoms with E-state index < -0.39 is 23.4 Å². The molecule has 0 bridgehead atoms. The molecule has 7 heteroatoms. The van der Waals surface area contributed by atoms with Gasteiger partial charge in [-0.25, -0.2) is 4.79 Å². The average Bonchev–Trinajstić information content (AvgIpc) is 3.16. The van der Waals surface area contributed by atoms with Crippen molar-refractivity contribution in [3.63, 3.8) is 0 Å². The van der Waals surface area contributed by atoms with Crippen LogP contribution in [-0.2, 0) is 14.3 Å². The van der Waals surface area contributed by atoms with Gasteiger partial charge in [-0.2, -0.15) is 0 Å². The van der Waals surface area contributed by atoms with Crippen LogP contribution in [0.3, 0.4) is 0 Å². The van der Waals surface area contributed by atoms with Gasteiger partial charge in [0.15, 0.2) is 0 Å². The van der Waals surface area contributed by atoms with E-state index >= 15 is 0 Å². The Hall–Kier alpha value is -3.35. The Morgan fingerprint density at radius 1 is 1.06 bits per heavy atom. The summed E-state index contributed by atoms with van der Waals surface area (Å²) in [5.74, 6) is -1.48. The molecule has 7 nitrogen and oxygen atoms in total. The molecular weight excluding hydrogens is 444 g/mol. The van der Waals surface area contributed by atoms with Crippen LogP contribution in [0.4, 0.5) is 4.79 Å². The molecule has 4 rings (SSSR count). The molecule has 0 radical (unpaired) electrons. The fraction of sp³-hybridized carbons (Fsp3) is 0.464. The number of likely N-dealkylation sites (tertiary alicyclic amines) is 1. The first-order chi connectivity index (χ1) is 16.7. The molecule has 1 saturated heterocycles. The van der Waals surface area contributed by atoms with Crippen LogP contribution >= 0.6 is 0 Å². The van der Waals surface area contributed by atoms with Crippen molar-refractivity contribution in [1.29, 1.82) is 0 Å². The third-order valence-electron chi connectivity index (χ3n) is 7.51. The Bertz CT molecular complexity index is 1070. The number of hydrogen-bond acceptors (Lipinski definition) is 4. The summed E-state index contributed by atoms with van der Waals surface area (Å²) in [6, 6.07) is 16.0. The zero-order valence-electron chi connectivity index (χ0n) is 20.6. The third kappa shape index (κ3) is 5.04. The van der Waals surface area contributed by atoms with Gasteiger partial charge in [0.05, 0.1) is 5.92 Å². The molecule has 35 heavy (non-hydrogen) atoms. The van der Waals surface area contributed by atoms with E-state index in [9.17, 15) is 19.5 Å². The number of rotatable bonds is 7. The lowest BCUT2D eigenvalue weighted by molar-refractivity contribution is -0.153. The Kier molecular flexibility index (Phi) is 7.15. The van der Waals surface area contributed by atoms with Gasteiger partial charge in [0.25, 0.3) is 0 Å². The SMILES string of the molecule is C[C@H]1[C@@H](C(=O)O)CCCN1C(=O)C(C)(C)CCNC(=O)OCC1c2ccccc2-c2ccccc21. The second-order valence-electron chi connectivity index (χ2n) is 10.2. The molecular formula is C28H34N2O5. The van der Waals surface area contributed by atoms with Gasteiger partial charge < -0.3 is 20.1 Å². The lowest BCUT2D eigenvalue weighted by atomic mass is 9.83. The average molecular weight is 479 g/mol. The molecule has 2 atom stereocenters. The number of carbonyl (C=O) groups is 3. The van der Waals surface area contributed by atoms with Gasteiger partial charge in [-0.15, -0.1) is 0 Å². The summed E-state index contributed by atoms with van der Waals surface area (Å²) in [6.07, 6.45) is 1.19. The molecule has 0 unspecified atom stereocenters. The zero-order chi connectivity index (χ0) is 25.2. The number of ether oxygens (including phenoxy) is 1. The minimum absolute atomic E-state index is 0.00561. The number of hydrogen-bond donors (Lipinski definition) is 2. The number of piperidine rings is 1. The summed E-state index contributed by atoms with van der Waals surface area (Å²) < 4.78 is 5.58. The molecule has 186 valence electrons. The minimum Gasteiger partial charge on any atom is -0.481 e. The normalized spacial score (nSPS) is 19.6. The molecule has 1 aliphatic heterocycles. The van der Waals surface area contributed by atoms with E-state index in [1.165, 1.54) is 11.1 Å². The van der Waals surface area contributed by atoms with Gasteiger partial charge in [0.2, 0.25) is 5.91 Å². The van der Waals surface area contributed by atoms with Crippen molar-refractivity contribution >= 4 is 18.0 Å². The largest absolute Gasteiger partial charge is 0.481 e. The van der Waals surface area contributed by atoms with E-state index in [0.29, 0.717) is 32.4 Å². The van der Waals surface area contributed by atoms with Gasteiger partial charge in [-0.05, 0) is 48.4 Å². The van der Waals surface area contributed by atoms with E-state index in [0.717, 1.165) is 11.1 Å². The Labute approximate surface area is 206 Å². The summed E-state index contributed by atoms with van der Waals surface area (Å²) in [5.41, 5.74) is 3.93. The van der Waals surface area contributed by atoms with Crippen LogP contribution in [-0.4, -0.2) is 53.7 Å². The maximum Gasteiger partial charge on any atom is 0.407 e. The third-order valence-corrected chi connectivity index (χ3v) is 7.51. The summed E-state index contributed by atoms with van der Waals surface area (Å²) in [7, 11) is 0. The van der Waals surface area contributed by atoms with Crippen LogP contribution in [0.5, 0.6) is 0 Å². The fourth-order valence-corrected chi connectivity index (χ4v) is 5.38. The molecule has 1 fully saturated rings. The zero-order valence-corrected chi connectivity index (χ0v) is 20.6. The molecule has 1 heterocycles. The molecule has 2 N–H and O–H groups in total. The van der Waals surface area contributed by atoms with E-state index in [-0.39, 0.29) is 24.5 Å². The first-order valence-electron chi connectivity index (χ1n) is 12.3. The van der Waals surface area contributed by atoms with Crippen LogP contribution in [0.25, 0.3) is 11.1 Å². The van der Waals surface area contributed by atoms with Gasteiger partial charge in [0, 0.05) is 30.5 Å². The van der Waals surface area contributed by atoms with Crippen molar-refractivity contribution < 1.29 is 24.2 Å². The van der Waals surface area contributed by atoms with Crippen LogP contribution in [0, 0.1) is 11.3 Å². The molecule has 1 aliphatic carbocycles. The number of aliphatic carboxylic acids is 1. The van der Waals surface area contributed by atoms with Crippen molar-refractivity contribution in [2.24, 2.45) is 11.3 Å². The van der Waals surface area contributed by atoms with E-state index in [1.807, 2.05) is 38.1 Å². The smallest absolute Gasteiger partial charge is 0.407 e. The number of nitrogens with one attached hydrogen (secondary N) is 1. The maximum atomic E-state index is 13.2. The van der Waals surface area contributed by atoms with Crippen LogP contribution in [0.15, 0.2) is 48.5 Å². The fourth-order valence-electron chi connectivity index (χ4n) is 5.38. The molecule has 2 aliphatic rings. The summed E-state index contributed by atoms with van der Waals surface area (Å²) in [4.78, 5) is 38.9. The second kappa shape index (κ2) is 10.1. The standard InChI is InChI=1S/C28H34N2O5/c1-18-19(25(31)32)13-8-16-30(18)26(33)28(2,3)14-15-29-27(34)35-17-24-22-11-6-4-9-20(22)21-10-5-7-12-23(21)24/h4-7,9-12,18-19,24H,8,13-17H2,1-3H3,(H,29,34)(H,31,32)/t18-,19-/m0/s1. The van der Waals surface area contributed by atoms with Crippen molar-refractivity contribution in [3.8, 4) is 11.1 Å². The second-order valence-corrected chi connectivity index (χ2v) is 10.2. The van der Waals surface area contributed by atoms with Crippen molar-refractivity contribution in [3.05, 3.63) is 59.7 Å². The lowest BCUT2D eigenvalue weighted by Crippen LogP contribution is -2.53. The van der Waals surface area contributed by atoms with Gasteiger partial charge >= 0.3 is 12.1 Å². The Morgan fingerprint density at radius 3 is 2.26 bits per heavy atom. The summed E-state index contributed by atoms with van der Waals surface area (Å²) in [6.45, 7) is 6.58. The minimum atomic E-state index is -0.857. The highest BCUT2D eigenvalue weighted by atomic mass is 16.5. The first kappa shape index (κ1) is 24.8. The molecule has 2 aromatic rings. The molecule has 2 aromatic carbocycles. The molecule has 2 amide bonds. The van der Waals surface area contributed by atoms with Gasteiger partial charge in [-0.3, -0.25) is 9.59 Å². The number of carboxylic acid groups (broad SMARTS) is 1. The van der Waals surface area contributed by atoms with Crippen LogP contribution in [0.2, 0.25) is 0 Å². The van der Waals surface area contributed by atoms with Crippen molar-refractivity contribution in [2.75, 3.05) is 19.7 Å². The number of amides is 2. The first-order valence-corrected chi connectivity index (χ1v) is 12.3. The quantitative estimate of drug-likeness (QED) is 0.604. The number of alkyl carbamates (subject to hydrolysis) is 1. The molecule has 0 saturated carbocycles. The highest BCUT2D eigenvalue weighted by Crippen LogP contribution is 2.44. The highest BCUT2D eigenvalue weighted by Gasteiger charge is 2.40. The Balaban J connectivity index is 1.29. The predicted octanol–water partition coefficient (Wildman–Crippen LogP) is 4.65. The van der Waals surface area contributed by atoms with Crippen molar-refractivity contribution in [1.82, 2.24) is 10.2 Å². The number of carboxylic acids is 1. The van der Waals surface area contributed by atoms with E-state index in [4.69, 9.17) is 4.74 Å². The summed E-state index contributed by atoms with van der Waals surface area (Å²) in [5, 5.41) is 12.2. The van der Waals surface area contributed by atoms with Crippen LogP contribution < -0.4 is 5.32 Å². The van der Waals surface area contributed by atoms with E-state index in [1.54, 1.807) is 11.8 Å². The topological polar surface area (TPSA) is 95.9 Å². The van der Waals surface area contributed by atoms with Gasteiger partial charge in [0.1, 0.15) is 6.61 Å². The summed E-state index contributed by atoms with van der Waals surface area (Å²) >= 11 is 0. The highest BCUT2D eigenvalue weighted by molar-refractivity contribution is 5.83. The Morgan fingerprint density at radius 2 is 1.66 bits per heavy atom. The number of nitrogens with zero attached hydrogens (tertiary/aromatic N) is 1. The predicted molar refractivity (Wildman–Crippen MR) is 133 cm³/mol. The molecule has 0 aromatic heterocycles. The van der Waals surface area contributed by atoms with Crippen molar-refractivity contribution in [2.45, 2.75) is 52.0 Å². The number of carbonyl (C=O) groups excluding carboxylic acids is 2. The maximum absolute atomic E-state index is 13.2.